The van der Waals surface area contributed by atoms with Crippen LogP contribution in [0.2, 0.25) is 0 Å². The number of carbonyl (C=O) groups is 2. The number of aliphatic carboxylic acids is 1. The summed E-state index contributed by atoms with van der Waals surface area (Å²) in [4.78, 5) is 23.5. The van der Waals surface area contributed by atoms with Crippen LogP contribution in [0.1, 0.15) is 39.0 Å². The molecule has 4 nitrogen and oxygen atoms in total. The molecule has 0 aromatic carbocycles. The molecule has 110 valence electrons. The summed E-state index contributed by atoms with van der Waals surface area (Å²) in [5.74, 6) is -3.00. The zero-order chi connectivity index (χ0) is 14.7. The molecular formula is C12H18F3NO3. The first-order valence-corrected chi connectivity index (χ1v) is 6.30. The van der Waals surface area contributed by atoms with Gasteiger partial charge in [-0.1, -0.05) is 6.92 Å². The molecule has 2 unspecified atom stereocenters. The van der Waals surface area contributed by atoms with E-state index in [2.05, 4.69) is 0 Å². The van der Waals surface area contributed by atoms with Gasteiger partial charge in [-0.05, 0) is 32.1 Å². The lowest BCUT2D eigenvalue weighted by Crippen LogP contribution is -2.58. The molecule has 1 saturated carbocycles. The first-order chi connectivity index (χ1) is 8.78. The smallest absolute Gasteiger partial charge is 0.391 e. The molecule has 1 aliphatic carbocycles. The molecule has 1 fully saturated rings. The summed E-state index contributed by atoms with van der Waals surface area (Å²) in [6.45, 7) is 1.90. The zero-order valence-corrected chi connectivity index (χ0v) is 10.7. The van der Waals surface area contributed by atoms with Gasteiger partial charge in [-0.2, -0.15) is 13.2 Å². The van der Waals surface area contributed by atoms with Crippen LogP contribution in [-0.4, -0.2) is 40.6 Å². The summed E-state index contributed by atoms with van der Waals surface area (Å²) < 4.78 is 38.4. The standard InChI is InChI=1S/C12H18F3NO3/c1-2-6-16(8-17)11(10(18)19)5-3-4-9(7-11)12(13,14)15/h8-9H,2-7H2,1H3,(H,18,19). The van der Waals surface area contributed by atoms with Gasteiger partial charge in [0.15, 0.2) is 0 Å². The van der Waals surface area contributed by atoms with Crippen molar-refractivity contribution in [2.75, 3.05) is 6.54 Å². The maximum atomic E-state index is 12.8. The molecule has 1 N–H and O–H groups in total. The Morgan fingerprint density at radius 3 is 2.58 bits per heavy atom. The largest absolute Gasteiger partial charge is 0.479 e. The maximum Gasteiger partial charge on any atom is 0.391 e. The highest BCUT2D eigenvalue weighted by Gasteiger charge is 2.53. The minimum atomic E-state index is -4.41. The summed E-state index contributed by atoms with van der Waals surface area (Å²) in [6.07, 6.45) is -3.94. The molecule has 0 heterocycles. The fourth-order valence-electron chi connectivity index (χ4n) is 2.72. The molecule has 2 atom stereocenters. The zero-order valence-electron chi connectivity index (χ0n) is 10.7. The molecular weight excluding hydrogens is 263 g/mol. The lowest BCUT2D eigenvalue weighted by molar-refractivity contribution is -0.198. The van der Waals surface area contributed by atoms with Gasteiger partial charge in [-0.3, -0.25) is 4.79 Å². The molecule has 0 spiro atoms. The molecule has 0 aromatic rings. The highest BCUT2D eigenvalue weighted by Crippen LogP contribution is 2.44. The number of rotatable bonds is 5. The van der Waals surface area contributed by atoms with Crippen molar-refractivity contribution in [3.63, 3.8) is 0 Å². The van der Waals surface area contributed by atoms with Crippen molar-refractivity contribution in [3.05, 3.63) is 0 Å². The summed E-state index contributed by atoms with van der Waals surface area (Å²) >= 11 is 0. The van der Waals surface area contributed by atoms with E-state index in [1.165, 1.54) is 0 Å². The lowest BCUT2D eigenvalue weighted by atomic mass is 9.74. The highest BCUT2D eigenvalue weighted by molar-refractivity contribution is 5.81. The van der Waals surface area contributed by atoms with Crippen LogP contribution in [0.3, 0.4) is 0 Å². The van der Waals surface area contributed by atoms with Crippen molar-refractivity contribution in [1.82, 2.24) is 4.90 Å². The van der Waals surface area contributed by atoms with E-state index in [1.807, 2.05) is 0 Å². The number of amides is 1. The van der Waals surface area contributed by atoms with Gasteiger partial charge >= 0.3 is 12.1 Å². The predicted molar refractivity (Wildman–Crippen MR) is 61.4 cm³/mol. The van der Waals surface area contributed by atoms with Crippen molar-refractivity contribution in [2.24, 2.45) is 5.92 Å². The number of carbonyl (C=O) groups excluding carboxylic acids is 1. The van der Waals surface area contributed by atoms with Crippen molar-refractivity contribution in [2.45, 2.75) is 50.7 Å². The normalized spacial score (nSPS) is 27.9. The summed E-state index contributed by atoms with van der Waals surface area (Å²) in [5.41, 5.74) is -1.71. The Morgan fingerprint density at radius 2 is 2.16 bits per heavy atom. The van der Waals surface area contributed by atoms with E-state index >= 15 is 0 Å². The van der Waals surface area contributed by atoms with Gasteiger partial charge in [-0.25, -0.2) is 4.79 Å². The van der Waals surface area contributed by atoms with Gasteiger partial charge in [0.05, 0.1) is 5.92 Å². The second kappa shape index (κ2) is 5.79. The molecule has 0 saturated heterocycles. The van der Waals surface area contributed by atoms with Crippen molar-refractivity contribution < 1.29 is 27.9 Å². The predicted octanol–water partition coefficient (Wildman–Crippen LogP) is 2.43. The van der Waals surface area contributed by atoms with Gasteiger partial charge in [0.1, 0.15) is 5.54 Å². The van der Waals surface area contributed by atoms with Gasteiger partial charge in [0, 0.05) is 6.54 Å². The van der Waals surface area contributed by atoms with Crippen LogP contribution in [0.15, 0.2) is 0 Å². The number of carboxylic acid groups (broad SMARTS) is 1. The minimum absolute atomic E-state index is 0.0721. The van der Waals surface area contributed by atoms with E-state index in [9.17, 15) is 27.9 Å². The number of hydrogen-bond donors (Lipinski definition) is 1. The third-order valence-corrected chi connectivity index (χ3v) is 3.73. The maximum absolute atomic E-state index is 12.8. The Hall–Kier alpha value is -1.27. The topological polar surface area (TPSA) is 57.6 Å². The van der Waals surface area contributed by atoms with E-state index < -0.39 is 30.0 Å². The Balaban J connectivity index is 3.05. The van der Waals surface area contributed by atoms with Crippen LogP contribution in [0.5, 0.6) is 0 Å². The molecule has 19 heavy (non-hydrogen) atoms. The number of hydrogen-bond acceptors (Lipinski definition) is 2. The quantitative estimate of drug-likeness (QED) is 0.787. The monoisotopic (exact) mass is 281 g/mol. The number of halogens is 3. The van der Waals surface area contributed by atoms with E-state index in [1.54, 1.807) is 6.92 Å². The second-order valence-electron chi connectivity index (χ2n) is 4.97. The van der Waals surface area contributed by atoms with Crippen LogP contribution in [-0.2, 0) is 9.59 Å². The summed E-state index contributed by atoms with van der Waals surface area (Å²) in [6, 6.07) is 0. The molecule has 1 amide bonds. The first-order valence-electron chi connectivity index (χ1n) is 6.30. The summed E-state index contributed by atoms with van der Waals surface area (Å²) in [5, 5.41) is 9.33. The molecule has 0 aliphatic heterocycles. The Kier molecular flexibility index (Phi) is 4.81. The molecule has 0 aromatic heterocycles. The van der Waals surface area contributed by atoms with Crippen LogP contribution < -0.4 is 0 Å². The minimum Gasteiger partial charge on any atom is -0.479 e. The molecule has 0 radical (unpaired) electrons. The fourth-order valence-corrected chi connectivity index (χ4v) is 2.72. The molecule has 0 bridgehead atoms. The van der Waals surface area contributed by atoms with E-state index in [-0.39, 0.29) is 25.8 Å². The first kappa shape index (κ1) is 15.8. The van der Waals surface area contributed by atoms with Crippen molar-refractivity contribution in [1.29, 1.82) is 0 Å². The Labute approximate surface area is 109 Å². The molecule has 7 heteroatoms. The van der Waals surface area contributed by atoms with Crippen molar-refractivity contribution >= 4 is 12.4 Å². The lowest BCUT2D eigenvalue weighted by Gasteiger charge is -2.44. The number of alkyl halides is 3. The van der Waals surface area contributed by atoms with Gasteiger partial charge in [0.25, 0.3) is 0 Å². The fraction of sp³-hybridized carbons (Fsp3) is 0.833. The van der Waals surface area contributed by atoms with E-state index in [4.69, 9.17) is 0 Å². The van der Waals surface area contributed by atoms with Crippen LogP contribution in [0, 0.1) is 5.92 Å². The van der Waals surface area contributed by atoms with Crippen LogP contribution in [0.25, 0.3) is 0 Å². The van der Waals surface area contributed by atoms with Gasteiger partial charge in [0.2, 0.25) is 6.41 Å². The SMILES string of the molecule is CCCN(C=O)C1(C(=O)O)CCCC(C(F)(F)F)C1. The number of nitrogens with zero attached hydrogens (tertiary/aromatic N) is 1. The van der Waals surface area contributed by atoms with Crippen LogP contribution in [0.4, 0.5) is 13.2 Å². The number of carboxylic acids is 1. The molecule has 1 aliphatic rings. The third kappa shape index (κ3) is 3.19. The summed E-state index contributed by atoms with van der Waals surface area (Å²) in [7, 11) is 0. The molecule has 1 rings (SSSR count). The average Bonchev–Trinajstić information content (AvgIpc) is 2.34. The van der Waals surface area contributed by atoms with Crippen molar-refractivity contribution in [3.8, 4) is 0 Å². The van der Waals surface area contributed by atoms with E-state index in [0.29, 0.717) is 12.8 Å². The average molecular weight is 281 g/mol. The van der Waals surface area contributed by atoms with Gasteiger partial charge in [-0.15, -0.1) is 0 Å². The third-order valence-electron chi connectivity index (χ3n) is 3.73. The Morgan fingerprint density at radius 1 is 1.53 bits per heavy atom. The van der Waals surface area contributed by atoms with Crippen LogP contribution >= 0.6 is 0 Å². The highest BCUT2D eigenvalue weighted by atomic mass is 19.4. The Bertz CT molecular complexity index is 346. The second-order valence-corrected chi connectivity index (χ2v) is 4.97. The van der Waals surface area contributed by atoms with Gasteiger partial charge < -0.3 is 10.0 Å². The van der Waals surface area contributed by atoms with E-state index in [0.717, 1.165) is 4.90 Å².